The lowest BCUT2D eigenvalue weighted by atomic mass is 9.47. The van der Waals surface area contributed by atoms with Crippen molar-refractivity contribution in [2.45, 2.75) is 82.0 Å². The van der Waals surface area contributed by atoms with Gasteiger partial charge in [-0.1, -0.05) is 13.8 Å². The average molecular weight is 392 g/mol. The number of rotatable bonds is 3. The quantitative estimate of drug-likeness (QED) is 0.745. The molecule has 1 aliphatic heterocycles. The van der Waals surface area contributed by atoms with Crippen molar-refractivity contribution in [3.05, 3.63) is 0 Å². The van der Waals surface area contributed by atoms with Crippen molar-refractivity contribution in [3.63, 3.8) is 0 Å². The predicted molar refractivity (Wildman–Crippen MR) is 87.2 cm³/mol. The van der Waals surface area contributed by atoms with E-state index in [0.29, 0.717) is 25.2 Å². The standard InChI is InChI=1S/C19H27F3O5/c1-3-11(2)15(23)27-16-6-12-4-13(7-16)17(14(5-12)8-16)9-18(24,19(20,21)22)26-10-25-17/h11-14,24H,3-10H2,1-2H3. The second-order valence-electron chi connectivity index (χ2n) is 9.08. The van der Waals surface area contributed by atoms with Crippen molar-refractivity contribution >= 4 is 5.97 Å². The largest absolute Gasteiger partial charge is 0.459 e. The molecule has 0 radical (unpaired) electrons. The second-order valence-corrected chi connectivity index (χ2v) is 9.08. The smallest absolute Gasteiger partial charge is 0.443 e. The molecule has 0 aromatic carbocycles. The Morgan fingerprint density at radius 1 is 1.22 bits per heavy atom. The number of esters is 1. The Morgan fingerprint density at radius 2 is 1.85 bits per heavy atom. The highest BCUT2D eigenvalue weighted by Crippen LogP contribution is 2.65. The molecular formula is C19H27F3O5. The lowest BCUT2D eigenvalue weighted by Gasteiger charge is -2.65. The molecule has 5 rings (SSSR count). The number of aliphatic hydroxyl groups is 1. The van der Waals surface area contributed by atoms with Crippen molar-refractivity contribution in [1.29, 1.82) is 0 Å². The molecule has 1 heterocycles. The van der Waals surface area contributed by atoms with Gasteiger partial charge in [0.05, 0.1) is 11.5 Å². The maximum absolute atomic E-state index is 13.4. The Hall–Kier alpha value is -0.860. The molecule has 8 heteroatoms. The summed E-state index contributed by atoms with van der Waals surface area (Å²) in [5, 5.41) is 10.2. The fraction of sp³-hybridized carbons (Fsp3) is 0.947. The first-order valence-corrected chi connectivity index (χ1v) is 9.82. The highest BCUT2D eigenvalue weighted by Gasteiger charge is 2.70. The molecule has 1 N–H and O–H groups in total. The third kappa shape index (κ3) is 2.90. The summed E-state index contributed by atoms with van der Waals surface area (Å²) in [7, 11) is 0. The summed E-state index contributed by atoms with van der Waals surface area (Å²) in [6.45, 7) is 3.18. The zero-order valence-corrected chi connectivity index (χ0v) is 15.7. The number of hydrogen-bond donors (Lipinski definition) is 1. The van der Waals surface area contributed by atoms with E-state index >= 15 is 0 Å². The lowest BCUT2D eigenvalue weighted by molar-refractivity contribution is -0.444. The number of carbonyl (C=O) groups is 1. The molecule has 4 aliphatic carbocycles. The molecule has 27 heavy (non-hydrogen) atoms. The monoisotopic (exact) mass is 392 g/mol. The van der Waals surface area contributed by atoms with Crippen LogP contribution in [0.1, 0.15) is 58.8 Å². The highest BCUT2D eigenvalue weighted by molar-refractivity contribution is 5.72. The first kappa shape index (κ1) is 19.5. The van der Waals surface area contributed by atoms with E-state index in [9.17, 15) is 23.1 Å². The van der Waals surface area contributed by atoms with E-state index in [1.54, 1.807) is 0 Å². The summed E-state index contributed by atoms with van der Waals surface area (Å²) in [5.41, 5.74) is -1.66. The topological polar surface area (TPSA) is 65.0 Å². The van der Waals surface area contributed by atoms with Crippen molar-refractivity contribution in [1.82, 2.24) is 0 Å². The molecule has 1 saturated heterocycles. The fourth-order valence-corrected chi connectivity index (χ4v) is 6.01. The Labute approximate surface area is 156 Å². The Bertz CT molecular complexity index is 605. The Kier molecular flexibility index (Phi) is 4.37. The van der Waals surface area contributed by atoms with E-state index in [4.69, 9.17) is 9.47 Å². The van der Waals surface area contributed by atoms with Crippen LogP contribution >= 0.6 is 0 Å². The lowest BCUT2D eigenvalue weighted by Crippen LogP contribution is -2.70. The van der Waals surface area contributed by atoms with Gasteiger partial charge in [0, 0.05) is 6.42 Å². The summed E-state index contributed by atoms with van der Waals surface area (Å²) >= 11 is 0. The van der Waals surface area contributed by atoms with Crippen LogP contribution in [-0.2, 0) is 19.0 Å². The van der Waals surface area contributed by atoms with Crippen molar-refractivity contribution < 1.29 is 37.3 Å². The van der Waals surface area contributed by atoms with Crippen molar-refractivity contribution in [2.24, 2.45) is 23.7 Å². The SMILES string of the molecule is CCC(C)C(=O)OC12CC3CC(C1)C1(CC(O)(C(F)(F)F)OCO1)C(C3)C2. The van der Waals surface area contributed by atoms with Gasteiger partial charge in [0.1, 0.15) is 5.60 Å². The summed E-state index contributed by atoms with van der Waals surface area (Å²) < 4.78 is 56.6. The second kappa shape index (κ2) is 6.07. The molecule has 4 bridgehead atoms. The molecule has 0 aromatic heterocycles. The van der Waals surface area contributed by atoms with Crippen LogP contribution in [-0.4, -0.2) is 41.0 Å². The summed E-state index contributed by atoms with van der Waals surface area (Å²) in [4.78, 5) is 12.4. The molecule has 4 unspecified atom stereocenters. The fourth-order valence-electron chi connectivity index (χ4n) is 6.01. The summed E-state index contributed by atoms with van der Waals surface area (Å²) in [6.07, 6.45) is -1.54. The maximum atomic E-state index is 13.4. The van der Waals surface area contributed by atoms with E-state index in [0.717, 1.165) is 19.3 Å². The van der Waals surface area contributed by atoms with Crippen molar-refractivity contribution in [3.8, 4) is 0 Å². The molecule has 154 valence electrons. The van der Waals surface area contributed by atoms with E-state index in [1.165, 1.54) is 0 Å². The molecule has 1 spiro atoms. The van der Waals surface area contributed by atoms with Crippen LogP contribution in [0, 0.1) is 23.7 Å². The first-order chi connectivity index (χ1) is 12.5. The van der Waals surface area contributed by atoms with Gasteiger partial charge in [-0.2, -0.15) is 13.2 Å². The molecule has 4 atom stereocenters. The molecule has 5 nitrogen and oxygen atoms in total. The highest BCUT2D eigenvalue weighted by atomic mass is 19.4. The van der Waals surface area contributed by atoms with E-state index in [2.05, 4.69) is 4.74 Å². The zero-order valence-electron chi connectivity index (χ0n) is 15.7. The number of carbonyl (C=O) groups excluding carboxylic acids is 1. The maximum Gasteiger partial charge on any atom is 0.443 e. The summed E-state index contributed by atoms with van der Waals surface area (Å²) in [5.74, 6) is -3.63. The number of halogens is 3. The van der Waals surface area contributed by atoms with Gasteiger partial charge in [-0.15, -0.1) is 0 Å². The van der Waals surface area contributed by atoms with Gasteiger partial charge in [-0.3, -0.25) is 4.79 Å². The summed E-state index contributed by atoms with van der Waals surface area (Å²) in [6, 6.07) is 0. The molecule has 0 amide bonds. The van der Waals surface area contributed by atoms with E-state index in [1.807, 2.05) is 13.8 Å². The third-order valence-electron chi connectivity index (χ3n) is 7.43. The van der Waals surface area contributed by atoms with Gasteiger partial charge in [0.15, 0.2) is 6.79 Å². The van der Waals surface area contributed by atoms with Crippen LogP contribution < -0.4 is 0 Å². The van der Waals surface area contributed by atoms with Crippen LogP contribution in [0.15, 0.2) is 0 Å². The van der Waals surface area contributed by atoms with Crippen LogP contribution in [0.2, 0.25) is 0 Å². The number of ether oxygens (including phenoxy) is 3. The number of alkyl halides is 3. The van der Waals surface area contributed by atoms with Crippen LogP contribution in [0.25, 0.3) is 0 Å². The Morgan fingerprint density at radius 3 is 2.41 bits per heavy atom. The van der Waals surface area contributed by atoms with E-state index < -0.39 is 36.4 Å². The minimum Gasteiger partial charge on any atom is -0.459 e. The molecule has 0 aromatic rings. The van der Waals surface area contributed by atoms with Crippen LogP contribution in [0.5, 0.6) is 0 Å². The minimum atomic E-state index is -4.88. The molecule has 4 saturated carbocycles. The van der Waals surface area contributed by atoms with Gasteiger partial charge in [0.2, 0.25) is 0 Å². The minimum absolute atomic E-state index is 0.175. The van der Waals surface area contributed by atoms with Gasteiger partial charge in [-0.05, 0) is 56.3 Å². The Balaban J connectivity index is 1.59. The van der Waals surface area contributed by atoms with Gasteiger partial charge in [0.25, 0.3) is 5.79 Å². The zero-order chi connectivity index (χ0) is 19.7. The normalized spacial score (nSPS) is 47.3. The van der Waals surface area contributed by atoms with Gasteiger partial charge < -0.3 is 19.3 Å². The van der Waals surface area contributed by atoms with Crippen LogP contribution in [0.4, 0.5) is 13.2 Å². The molecule has 5 aliphatic rings. The molecule has 5 fully saturated rings. The third-order valence-corrected chi connectivity index (χ3v) is 7.43. The number of hydrogen-bond acceptors (Lipinski definition) is 5. The van der Waals surface area contributed by atoms with Crippen LogP contribution in [0.3, 0.4) is 0 Å². The van der Waals surface area contributed by atoms with Gasteiger partial charge in [-0.25, -0.2) is 0 Å². The predicted octanol–water partition coefficient (Wildman–Crippen LogP) is 3.54. The van der Waals surface area contributed by atoms with Crippen molar-refractivity contribution in [2.75, 3.05) is 6.79 Å². The van der Waals surface area contributed by atoms with Gasteiger partial charge >= 0.3 is 12.1 Å². The molecular weight excluding hydrogens is 365 g/mol. The van der Waals surface area contributed by atoms with E-state index in [-0.39, 0.29) is 23.7 Å². The average Bonchev–Trinajstić information content (AvgIpc) is 2.57. The first-order valence-electron chi connectivity index (χ1n) is 9.82.